The van der Waals surface area contributed by atoms with Crippen LogP contribution in [0.3, 0.4) is 0 Å². The van der Waals surface area contributed by atoms with Crippen LogP contribution in [0.1, 0.15) is 5.56 Å². The van der Waals surface area contributed by atoms with Crippen LogP contribution < -0.4 is 5.73 Å². The van der Waals surface area contributed by atoms with E-state index in [1.54, 1.807) is 4.68 Å². The van der Waals surface area contributed by atoms with Crippen LogP contribution in [0.4, 0.5) is 5.69 Å². The molecule has 3 rings (SSSR count). The quantitative estimate of drug-likeness (QED) is 0.734. The number of nitrogens with two attached hydrogens (primary N) is 1. The average Bonchev–Trinajstić information content (AvgIpc) is 2.90. The highest BCUT2D eigenvalue weighted by Crippen LogP contribution is 2.29. The number of hydrogen-bond acceptors (Lipinski definition) is 4. The number of halogens is 1. The van der Waals surface area contributed by atoms with Crippen molar-refractivity contribution in [1.82, 2.24) is 20.2 Å². The Hall–Kier alpha value is -2.21. The Morgan fingerprint density at radius 3 is 2.80 bits per heavy atom. The third-order valence-corrected chi connectivity index (χ3v) is 3.64. The molecule has 2 N–H and O–H groups in total. The molecule has 100 valence electrons. The van der Waals surface area contributed by atoms with E-state index >= 15 is 0 Å². The Morgan fingerprint density at radius 2 is 2.00 bits per heavy atom. The highest BCUT2D eigenvalue weighted by molar-refractivity contribution is 9.10. The van der Waals surface area contributed by atoms with Gasteiger partial charge in [0.1, 0.15) is 0 Å². The number of nitrogen functional groups attached to an aromatic ring is 1. The molecule has 0 radical (unpaired) electrons. The van der Waals surface area contributed by atoms with Crippen molar-refractivity contribution in [3.63, 3.8) is 0 Å². The predicted molar refractivity (Wildman–Crippen MR) is 81.4 cm³/mol. The first kappa shape index (κ1) is 12.8. The molecule has 20 heavy (non-hydrogen) atoms. The summed E-state index contributed by atoms with van der Waals surface area (Å²) in [6, 6.07) is 13.6. The molecule has 0 bridgehead atoms. The molecule has 0 unspecified atom stereocenters. The van der Waals surface area contributed by atoms with Gasteiger partial charge in [0.05, 0.1) is 5.69 Å². The maximum Gasteiger partial charge on any atom is 0.188 e. The molecular weight excluding hydrogens is 318 g/mol. The summed E-state index contributed by atoms with van der Waals surface area (Å²) >= 11 is 3.51. The van der Waals surface area contributed by atoms with Crippen molar-refractivity contribution >= 4 is 21.6 Å². The smallest absolute Gasteiger partial charge is 0.188 e. The molecule has 2 aromatic carbocycles. The maximum atomic E-state index is 5.85. The van der Waals surface area contributed by atoms with Gasteiger partial charge < -0.3 is 5.73 Å². The van der Waals surface area contributed by atoms with E-state index in [2.05, 4.69) is 31.5 Å². The second-order valence-corrected chi connectivity index (χ2v) is 5.35. The van der Waals surface area contributed by atoms with E-state index < -0.39 is 0 Å². The number of nitrogens with zero attached hydrogens (tertiary/aromatic N) is 4. The molecule has 0 aliphatic heterocycles. The zero-order valence-electron chi connectivity index (χ0n) is 10.8. The maximum absolute atomic E-state index is 5.85. The number of aryl methyl sites for hydroxylation is 1. The van der Waals surface area contributed by atoms with Gasteiger partial charge in [0, 0.05) is 15.7 Å². The minimum Gasteiger partial charge on any atom is -0.399 e. The van der Waals surface area contributed by atoms with Crippen molar-refractivity contribution < 1.29 is 0 Å². The van der Waals surface area contributed by atoms with Gasteiger partial charge in [0.25, 0.3) is 0 Å². The van der Waals surface area contributed by atoms with Crippen LogP contribution in [-0.4, -0.2) is 20.2 Å². The van der Waals surface area contributed by atoms with E-state index in [1.807, 2.05) is 49.4 Å². The molecule has 0 fully saturated rings. The van der Waals surface area contributed by atoms with Crippen LogP contribution in [0.15, 0.2) is 46.9 Å². The lowest BCUT2D eigenvalue weighted by atomic mass is 10.2. The predicted octanol–water partition coefficient (Wildman–Crippen LogP) is 2.98. The number of tetrazole rings is 1. The molecule has 0 aliphatic carbocycles. The number of anilines is 1. The summed E-state index contributed by atoms with van der Waals surface area (Å²) < 4.78 is 2.60. The van der Waals surface area contributed by atoms with Crippen LogP contribution in [0.5, 0.6) is 0 Å². The van der Waals surface area contributed by atoms with E-state index in [9.17, 15) is 0 Å². The van der Waals surface area contributed by atoms with Gasteiger partial charge in [0.15, 0.2) is 5.82 Å². The molecule has 0 spiro atoms. The van der Waals surface area contributed by atoms with E-state index in [-0.39, 0.29) is 0 Å². The van der Waals surface area contributed by atoms with Crippen molar-refractivity contribution in [1.29, 1.82) is 0 Å². The molecule has 0 amide bonds. The summed E-state index contributed by atoms with van der Waals surface area (Å²) in [5.41, 5.74) is 9.44. The summed E-state index contributed by atoms with van der Waals surface area (Å²) in [4.78, 5) is 0. The minimum atomic E-state index is 0.648. The van der Waals surface area contributed by atoms with Crippen molar-refractivity contribution in [2.75, 3.05) is 5.73 Å². The third-order valence-electron chi connectivity index (χ3n) is 2.95. The zero-order chi connectivity index (χ0) is 14.1. The molecule has 5 nitrogen and oxygen atoms in total. The molecule has 0 saturated carbocycles. The van der Waals surface area contributed by atoms with Crippen molar-refractivity contribution in [3.8, 4) is 17.1 Å². The molecule has 6 heteroatoms. The Balaban J connectivity index is 2.18. The van der Waals surface area contributed by atoms with E-state index in [0.29, 0.717) is 11.5 Å². The van der Waals surface area contributed by atoms with Gasteiger partial charge >= 0.3 is 0 Å². The van der Waals surface area contributed by atoms with Gasteiger partial charge in [-0.05, 0) is 53.2 Å². The van der Waals surface area contributed by atoms with Crippen molar-refractivity contribution in [3.05, 3.63) is 52.5 Å². The standard InChI is InChI=1S/C14H12BrN5/c1-9-3-2-4-11(7-9)20-14(17-18-19-20)12-8-10(16)5-6-13(12)15/h2-8H,16H2,1H3. The summed E-state index contributed by atoms with van der Waals surface area (Å²) in [5.74, 6) is 0.648. The van der Waals surface area contributed by atoms with E-state index in [4.69, 9.17) is 5.73 Å². The fourth-order valence-corrected chi connectivity index (χ4v) is 2.43. The lowest BCUT2D eigenvalue weighted by molar-refractivity contribution is 0.790. The van der Waals surface area contributed by atoms with Crippen LogP contribution in [0.2, 0.25) is 0 Å². The SMILES string of the molecule is Cc1cccc(-n2nnnc2-c2cc(N)ccc2Br)c1. The van der Waals surface area contributed by atoms with Crippen LogP contribution >= 0.6 is 15.9 Å². The largest absolute Gasteiger partial charge is 0.399 e. The van der Waals surface area contributed by atoms with Gasteiger partial charge in [0.2, 0.25) is 0 Å². The first-order chi connectivity index (χ1) is 9.65. The first-order valence-corrected chi connectivity index (χ1v) is 6.85. The molecule has 0 saturated heterocycles. The van der Waals surface area contributed by atoms with Gasteiger partial charge in [-0.2, -0.15) is 4.68 Å². The lowest BCUT2D eigenvalue weighted by Gasteiger charge is -2.07. The molecule has 1 aromatic heterocycles. The second kappa shape index (κ2) is 5.05. The normalized spacial score (nSPS) is 10.7. The number of hydrogen-bond donors (Lipinski definition) is 1. The highest BCUT2D eigenvalue weighted by atomic mass is 79.9. The Labute approximate surface area is 124 Å². The molecule has 0 atom stereocenters. The van der Waals surface area contributed by atoms with Gasteiger partial charge in [-0.25, -0.2) is 0 Å². The number of benzene rings is 2. The number of aromatic nitrogens is 4. The first-order valence-electron chi connectivity index (χ1n) is 6.06. The Morgan fingerprint density at radius 1 is 1.15 bits per heavy atom. The molecule has 1 heterocycles. The molecule has 3 aromatic rings. The van der Waals surface area contributed by atoms with Crippen molar-refractivity contribution in [2.45, 2.75) is 6.92 Å². The van der Waals surface area contributed by atoms with Crippen molar-refractivity contribution in [2.24, 2.45) is 0 Å². The van der Waals surface area contributed by atoms with Gasteiger partial charge in [-0.1, -0.05) is 28.1 Å². The molecule has 0 aliphatic rings. The fraction of sp³-hybridized carbons (Fsp3) is 0.0714. The third kappa shape index (κ3) is 2.30. The van der Waals surface area contributed by atoms with Gasteiger partial charge in [-0.3, -0.25) is 0 Å². The number of rotatable bonds is 2. The molecular formula is C14H12BrN5. The topological polar surface area (TPSA) is 69.6 Å². The van der Waals surface area contributed by atoms with Crippen LogP contribution in [-0.2, 0) is 0 Å². The Kier molecular flexibility index (Phi) is 3.23. The van der Waals surface area contributed by atoms with E-state index in [0.717, 1.165) is 21.3 Å². The highest BCUT2D eigenvalue weighted by Gasteiger charge is 2.14. The van der Waals surface area contributed by atoms with Crippen LogP contribution in [0, 0.1) is 6.92 Å². The summed E-state index contributed by atoms with van der Waals surface area (Å²) in [6.07, 6.45) is 0. The monoisotopic (exact) mass is 329 g/mol. The van der Waals surface area contributed by atoms with E-state index in [1.165, 1.54) is 0 Å². The van der Waals surface area contributed by atoms with Crippen LogP contribution in [0.25, 0.3) is 17.1 Å². The fourth-order valence-electron chi connectivity index (χ4n) is 2.00. The van der Waals surface area contributed by atoms with Gasteiger partial charge in [-0.15, -0.1) is 5.10 Å². The summed E-state index contributed by atoms with van der Waals surface area (Å²) in [5, 5.41) is 12.0. The minimum absolute atomic E-state index is 0.648. The zero-order valence-corrected chi connectivity index (χ0v) is 12.4. The lowest BCUT2D eigenvalue weighted by Crippen LogP contribution is -2.01. The second-order valence-electron chi connectivity index (χ2n) is 4.49. The summed E-state index contributed by atoms with van der Waals surface area (Å²) in [7, 11) is 0. The summed E-state index contributed by atoms with van der Waals surface area (Å²) in [6.45, 7) is 2.03. The Bertz CT molecular complexity index is 766. The average molecular weight is 330 g/mol.